The van der Waals surface area contributed by atoms with E-state index in [2.05, 4.69) is 24.0 Å². The second-order valence-corrected chi connectivity index (χ2v) is 6.85. The third-order valence-corrected chi connectivity index (χ3v) is 4.97. The third-order valence-electron chi connectivity index (χ3n) is 4.97. The van der Waals surface area contributed by atoms with E-state index in [9.17, 15) is 4.79 Å². The Morgan fingerprint density at radius 2 is 1.76 bits per heavy atom. The number of unbranched alkanes of at least 4 members (excludes halogenated alkanes) is 1. The van der Waals surface area contributed by atoms with Gasteiger partial charge in [-0.25, -0.2) is 0 Å². The average Bonchev–Trinajstić information content (AvgIpc) is 2.66. The fourth-order valence-corrected chi connectivity index (χ4v) is 3.36. The quantitative estimate of drug-likeness (QED) is 0.471. The van der Waals surface area contributed by atoms with Crippen molar-refractivity contribution in [3.63, 3.8) is 0 Å². The number of carbonyl (C=O) groups is 1. The molecule has 0 spiro atoms. The van der Waals surface area contributed by atoms with Crippen molar-refractivity contribution in [3.8, 4) is 0 Å². The Balaban J connectivity index is 1.85. The van der Waals surface area contributed by atoms with Crippen LogP contribution in [0.15, 0.2) is 30.3 Å². The van der Waals surface area contributed by atoms with Crippen LogP contribution in [0.2, 0.25) is 0 Å². The van der Waals surface area contributed by atoms with Gasteiger partial charge >= 0.3 is 5.97 Å². The van der Waals surface area contributed by atoms with Crippen molar-refractivity contribution in [1.29, 1.82) is 0 Å². The Labute approximate surface area is 152 Å². The molecule has 0 aliphatic carbocycles. The highest BCUT2D eigenvalue weighted by atomic mass is 16.6. The van der Waals surface area contributed by atoms with Crippen LogP contribution in [-0.2, 0) is 19.9 Å². The topological polar surface area (TPSA) is 38.8 Å². The molecule has 2 rings (SSSR count). The molecule has 140 valence electrons. The molecule has 1 fully saturated rings. The largest absolute Gasteiger partial charge is 0.454 e. The minimum absolute atomic E-state index is 0.110. The van der Waals surface area contributed by atoms with E-state index < -0.39 is 5.60 Å². The molecule has 1 aromatic rings. The van der Waals surface area contributed by atoms with Crippen LogP contribution in [0.3, 0.4) is 0 Å². The van der Waals surface area contributed by atoms with Gasteiger partial charge in [0.25, 0.3) is 0 Å². The molecule has 0 atom stereocenters. The minimum atomic E-state index is -0.456. The highest BCUT2D eigenvalue weighted by Gasteiger charge is 2.39. The number of piperidine rings is 1. The highest BCUT2D eigenvalue weighted by molar-refractivity contribution is 5.69. The number of nitrogens with zero attached hydrogens (tertiary/aromatic N) is 1. The summed E-state index contributed by atoms with van der Waals surface area (Å²) >= 11 is 0. The van der Waals surface area contributed by atoms with Crippen molar-refractivity contribution in [3.05, 3.63) is 35.9 Å². The summed E-state index contributed by atoms with van der Waals surface area (Å²) in [4.78, 5) is 14.4. The molecule has 0 N–H and O–H groups in total. The van der Waals surface area contributed by atoms with Gasteiger partial charge < -0.3 is 14.4 Å². The van der Waals surface area contributed by atoms with Crippen LogP contribution in [0, 0.1) is 0 Å². The monoisotopic (exact) mass is 347 g/mol. The van der Waals surface area contributed by atoms with Gasteiger partial charge in [0, 0.05) is 52.1 Å². The number of hydrogen-bond acceptors (Lipinski definition) is 4. The molecule has 4 heteroatoms. The molecule has 0 radical (unpaired) electrons. The number of benzene rings is 1. The van der Waals surface area contributed by atoms with Crippen molar-refractivity contribution in [1.82, 2.24) is 4.90 Å². The maximum absolute atomic E-state index is 12.0. The van der Waals surface area contributed by atoms with Crippen LogP contribution in [-0.4, -0.2) is 43.7 Å². The van der Waals surface area contributed by atoms with Crippen LogP contribution in [0.25, 0.3) is 0 Å². The fourth-order valence-electron chi connectivity index (χ4n) is 3.36. The molecule has 0 saturated carbocycles. The van der Waals surface area contributed by atoms with Gasteiger partial charge in [-0.05, 0) is 18.4 Å². The van der Waals surface area contributed by atoms with Gasteiger partial charge in [-0.15, -0.1) is 0 Å². The summed E-state index contributed by atoms with van der Waals surface area (Å²) in [6, 6.07) is 10.2. The molecule has 0 amide bonds. The number of carbonyl (C=O) groups excluding carboxylic acids is 1. The number of rotatable bonds is 10. The lowest BCUT2D eigenvalue weighted by atomic mass is 9.84. The third kappa shape index (κ3) is 6.12. The molecule has 1 aliphatic rings. The van der Waals surface area contributed by atoms with E-state index in [1.165, 1.54) is 6.42 Å². The predicted octanol–water partition coefficient (Wildman–Crippen LogP) is 4.14. The van der Waals surface area contributed by atoms with Crippen molar-refractivity contribution < 1.29 is 14.3 Å². The van der Waals surface area contributed by atoms with Gasteiger partial charge in [-0.1, -0.05) is 50.6 Å². The van der Waals surface area contributed by atoms with Crippen molar-refractivity contribution >= 4 is 5.97 Å². The average molecular weight is 347 g/mol. The van der Waals surface area contributed by atoms with Crippen LogP contribution in [0.1, 0.15) is 57.9 Å². The Morgan fingerprint density at radius 1 is 1.08 bits per heavy atom. The maximum atomic E-state index is 12.0. The molecule has 0 bridgehead atoms. The van der Waals surface area contributed by atoms with Crippen molar-refractivity contribution in [2.45, 2.75) is 58.0 Å². The lowest BCUT2D eigenvalue weighted by molar-refractivity contribution is -0.166. The maximum Gasteiger partial charge on any atom is 0.306 e. The first kappa shape index (κ1) is 19.9. The summed E-state index contributed by atoms with van der Waals surface area (Å²) < 4.78 is 11.6. The van der Waals surface area contributed by atoms with E-state index in [1.54, 1.807) is 0 Å². The lowest BCUT2D eigenvalue weighted by Gasteiger charge is -2.41. The standard InChI is InChI=1S/C21H33NO3/c1-3-5-17-24-18-9-14-22-15-12-21(13-16-22,25-20(23)4-2)19-10-7-6-8-11-19/h6-8,10-11H,3-5,9,12-18H2,1-2H3. The van der Waals surface area contributed by atoms with Crippen molar-refractivity contribution in [2.75, 3.05) is 32.8 Å². The summed E-state index contributed by atoms with van der Waals surface area (Å²) in [5.41, 5.74) is 0.669. The second-order valence-electron chi connectivity index (χ2n) is 6.85. The molecule has 4 nitrogen and oxygen atoms in total. The Kier molecular flexibility index (Phi) is 8.42. The van der Waals surface area contributed by atoms with E-state index in [0.29, 0.717) is 6.42 Å². The summed E-state index contributed by atoms with van der Waals surface area (Å²) in [7, 11) is 0. The summed E-state index contributed by atoms with van der Waals surface area (Å²) in [5.74, 6) is -0.110. The molecular formula is C21H33NO3. The molecule has 1 heterocycles. The Bertz CT molecular complexity index is 495. The molecule has 25 heavy (non-hydrogen) atoms. The highest BCUT2D eigenvalue weighted by Crippen LogP contribution is 2.37. The zero-order valence-corrected chi connectivity index (χ0v) is 15.8. The number of esters is 1. The van der Waals surface area contributed by atoms with Gasteiger partial charge in [0.05, 0.1) is 0 Å². The van der Waals surface area contributed by atoms with Gasteiger partial charge in [0.1, 0.15) is 5.60 Å². The first-order valence-corrected chi connectivity index (χ1v) is 9.77. The lowest BCUT2D eigenvalue weighted by Crippen LogP contribution is -2.45. The van der Waals surface area contributed by atoms with E-state index in [-0.39, 0.29) is 5.97 Å². The molecule has 1 saturated heterocycles. The van der Waals surface area contributed by atoms with Gasteiger partial charge in [0.2, 0.25) is 0 Å². The minimum Gasteiger partial charge on any atom is -0.454 e. The fraction of sp³-hybridized carbons (Fsp3) is 0.667. The number of likely N-dealkylation sites (tertiary alicyclic amines) is 1. The zero-order valence-electron chi connectivity index (χ0n) is 15.8. The Morgan fingerprint density at radius 3 is 2.40 bits per heavy atom. The summed E-state index contributed by atoms with van der Waals surface area (Å²) in [6.45, 7) is 8.72. The molecule has 1 aromatic carbocycles. The Hall–Kier alpha value is -1.39. The SMILES string of the molecule is CCCCOCCCN1CCC(OC(=O)CC)(c2ccccc2)CC1. The molecule has 0 unspecified atom stereocenters. The van der Waals surface area contributed by atoms with Crippen LogP contribution >= 0.6 is 0 Å². The van der Waals surface area contributed by atoms with Gasteiger partial charge in [0.15, 0.2) is 0 Å². The smallest absolute Gasteiger partial charge is 0.306 e. The first-order valence-electron chi connectivity index (χ1n) is 9.77. The predicted molar refractivity (Wildman–Crippen MR) is 101 cm³/mol. The van der Waals surface area contributed by atoms with Crippen LogP contribution in [0.4, 0.5) is 0 Å². The van der Waals surface area contributed by atoms with Crippen LogP contribution in [0.5, 0.6) is 0 Å². The zero-order chi connectivity index (χ0) is 18.0. The van der Waals surface area contributed by atoms with E-state index in [0.717, 1.165) is 64.1 Å². The second kappa shape index (κ2) is 10.6. The molecule has 1 aliphatic heterocycles. The van der Waals surface area contributed by atoms with Gasteiger partial charge in [-0.2, -0.15) is 0 Å². The van der Waals surface area contributed by atoms with E-state index in [4.69, 9.17) is 9.47 Å². The summed E-state index contributed by atoms with van der Waals surface area (Å²) in [5, 5.41) is 0. The van der Waals surface area contributed by atoms with E-state index >= 15 is 0 Å². The number of ether oxygens (including phenoxy) is 2. The molecule has 0 aromatic heterocycles. The van der Waals surface area contributed by atoms with E-state index in [1.807, 2.05) is 25.1 Å². The van der Waals surface area contributed by atoms with Crippen molar-refractivity contribution in [2.24, 2.45) is 0 Å². The summed E-state index contributed by atoms with van der Waals surface area (Å²) in [6.07, 6.45) is 5.54. The molecular weight excluding hydrogens is 314 g/mol. The number of hydrogen-bond donors (Lipinski definition) is 0. The van der Waals surface area contributed by atoms with Gasteiger partial charge in [-0.3, -0.25) is 4.79 Å². The first-order chi connectivity index (χ1) is 12.2. The van der Waals surface area contributed by atoms with Crippen LogP contribution < -0.4 is 0 Å². The normalized spacial score (nSPS) is 17.4.